The number of carboxylic acid groups (broad SMARTS) is 2. The molecule has 0 bridgehead atoms. The lowest BCUT2D eigenvalue weighted by Gasteiger charge is -2.27. The monoisotopic (exact) mass is 610 g/mol. The minimum Gasteiger partial charge on any atom is -0.478 e. The van der Waals surface area contributed by atoms with Gasteiger partial charge in [0.05, 0.1) is 11.1 Å². The van der Waals surface area contributed by atoms with Gasteiger partial charge in [0.25, 0.3) is 24.8 Å². The van der Waals surface area contributed by atoms with Crippen molar-refractivity contribution < 1.29 is 48.5 Å². The molecule has 4 aromatic rings. The molecule has 12 nitrogen and oxygen atoms in total. The summed E-state index contributed by atoms with van der Waals surface area (Å²) in [5.41, 5.74) is 1.07. The fraction of sp³-hybridized carbons (Fsp3) is 0.0909. The quantitative estimate of drug-likeness (QED) is 0.159. The van der Waals surface area contributed by atoms with Crippen LogP contribution in [0.2, 0.25) is 0 Å². The molecular weight excluding hydrogens is 584 g/mol. The Bertz CT molecular complexity index is 1830. The Labute approximate surface area is 256 Å². The largest absolute Gasteiger partial charge is 0.478 e. The van der Waals surface area contributed by atoms with Crippen molar-refractivity contribution in [1.29, 1.82) is 0 Å². The zero-order valence-electron chi connectivity index (χ0n) is 23.9. The molecule has 2 amide bonds. The van der Waals surface area contributed by atoms with Crippen molar-refractivity contribution >= 4 is 48.1 Å². The number of carboxylic acids is 2. The van der Waals surface area contributed by atoms with Gasteiger partial charge in [-0.2, -0.15) is 0 Å². The van der Waals surface area contributed by atoms with Gasteiger partial charge in [0.2, 0.25) is 0 Å². The van der Waals surface area contributed by atoms with E-state index in [1.807, 2.05) is 26.0 Å². The topological polar surface area (TPSA) is 185 Å². The average Bonchev–Trinajstić information content (AvgIpc) is 3.02. The van der Waals surface area contributed by atoms with E-state index in [0.29, 0.717) is 11.4 Å². The molecule has 4 N–H and O–H groups in total. The van der Waals surface area contributed by atoms with Crippen LogP contribution in [0, 0.1) is 0 Å². The maximum atomic E-state index is 13.0. The summed E-state index contributed by atoms with van der Waals surface area (Å²) in [6.45, 7) is 4.22. The Morgan fingerprint density at radius 1 is 0.622 bits per heavy atom. The van der Waals surface area contributed by atoms with E-state index >= 15 is 0 Å². The van der Waals surface area contributed by atoms with Gasteiger partial charge in [0.15, 0.2) is 11.5 Å². The van der Waals surface area contributed by atoms with Crippen LogP contribution in [0.25, 0.3) is 0 Å². The zero-order valence-corrected chi connectivity index (χ0v) is 23.9. The molecule has 4 rings (SSSR count). The Morgan fingerprint density at radius 3 is 1.62 bits per heavy atom. The highest BCUT2D eigenvalue weighted by Gasteiger charge is 2.25. The van der Waals surface area contributed by atoms with Crippen LogP contribution in [0.4, 0.5) is 11.4 Å². The van der Waals surface area contributed by atoms with Crippen LogP contribution in [0.3, 0.4) is 0 Å². The number of hydrogen-bond donors (Lipinski definition) is 4. The summed E-state index contributed by atoms with van der Waals surface area (Å²) in [7, 11) is 0. The zero-order chi connectivity index (χ0) is 32.7. The van der Waals surface area contributed by atoms with E-state index in [1.54, 1.807) is 36.4 Å². The molecule has 0 heterocycles. The molecule has 0 fully saturated rings. The third-order valence-electron chi connectivity index (χ3n) is 6.98. The number of hydrogen-bond acceptors (Lipinski definition) is 8. The van der Waals surface area contributed by atoms with Crippen molar-refractivity contribution in [2.45, 2.75) is 19.3 Å². The van der Waals surface area contributed by atoms with Gasteiger partial charge in [-0.15, -0.1) is 0 Å². The average molecular weight is 611 g/mol. The van der Waals surface area contributed by atoms with Gasteiger partial charge in [0, 0.05) is 27.9 Å². The number of nitrogens with one attached hydrogen (secondary N) is 2. The summed E-state index contributed by atoms with van der Waals surface area (Å²) in [5.74, 6) is -4.16. The lowest BCUT2D eigenvalue weighted by Crippen LogP contribution is -2.20. The van der Waals surface area contributed by atoms with E-state index in [0.717, 1.165) is 23.3 Å². The van der Waals surface area contributed by atoms with Crippen LogP contribution in [-0.2, 0) is 15.0 Å². The third-order valence-corrected chi connectivity index (χ3v) is 6.98. The number of anilines is 2. The number of benzene rings is 4. The van der Waals surface area contributed by atoms with Crippen molar-refractivity contribution in [3.63, 3.8) is 0 Å². The fourth-order valence-electron chi connectivity index (χ4n) is 4.54. The summed E-state index contributed by atoms with van der Waals surface area (Å²) < 4.78 is 9.57. The van der Waals surface area contributed by atoms with Crippen LogP contribution < -0.4 is 20.1 Å². The van der Waals surface area contributed by atoms with Crippen LogP contribution >= 0.6 is 0 Å². The number of ether oxygens (including phenoxy) is 2. The first-order valence-corrected chi connectivity index (χ1v) is 13.2. The van der Waals surface area contributed by atoms with E-state index < -0.39 is 40.3 Å². The first-order chi connectivity index (χ1) is 21.4. The second-order valence-electron chi connectivity index (χ2n) is 10.2. The second-order valence-corrected chi connectivity index (χ2v) is 10.2. The molecule has 0 atom stereocenters. The lowest BCUT2D eigenvalue weighted by molar-refractivity contribution is -0.123. The molecule has 0 unspecified atom stereocenters. The van der Waals surface area contributed by atoms with Crippen LogP contribution in [0.15, 0.2) is 84.9 Å². The predicted octanol–water partition coefficient (Wildman–Crippen LogP) is 4.98. The molecule has 228 valence electrons. The van der Waals surface area contributed by atoms with Crippen molar-refractivity contribution in [1.82, 2.24) is 0 Å². The number of aromatic carboxylic acids is 2. The minimum absolute atomic E-state index is 0.0266. The standard InChI is InChI=1S/C33H26N2O10/c1-33(2,21-5-3-7-23(15-21)34-29(38)19-9-11-25(31(40)41)26(13-19)32(42)43)22-6-4-8-24(16-22)35-30(39)20-10-12-27(44-17-36)28(14-20)45-18-37/h3-18H,1-2H3,(H,34,38)(H,35,39)(H,40,41)(H,42,43). The maximum Gasteiger partial charge on any atom is 0.336 e. The molecule has 0 aliphatic carbocycles. The molecule has 0 saturated heterocycles. The number of carbonyl (C=O) groups excluding carboxylic acids is 4. The Hall–Kier alpha value is -6.30. The highest BCUT2D eigenvalue weighted by molar-refractivity contribution is 6.08. The van der Waals surface area contributed by atoms with Gasteiger partial charge in [-0.05, 0) is 71.8 Å². The van der Waals surface area contributed by atoms with Gasteiger partial charge in [-0.3, -0.25) is 19.2 Å². The molecule has 0 aliphatic heterocycles. The van der Waals surface area contributed by atoms with Crippen molar-refractivity contribution in [2.75, 3.05) is 10.6 Å². The second kappa shape index (κ2) is 13.3. The van der Waals surface area contributed by atoms with Gasteiger partial charge >= 0.3 is 11.9 Å². The molecule has 0 saturated carbocycles. The highest BCUT2D eigenvalue weighted by Crippen LogP contribution is 2.34. The van der Waals surface area contributed by atoms with Crippen LogP contribution in [0.5, 0.6) is 11.5 Å². The fourth-order valence-corrected chi connectivity index (χ4v) is 4.54. The molecule has 45 heavy (non-hydrogen) atoms. The molecule has 0 radical (unpaired) electrons. The Balaban J connectivity index is 1.54. The van der Waals surface area contributed by atoms with E-state index in [9.17, 15) is 39.0 Å². The molecule has 4 aromatic carbocycles. The van der Waals surface area contributed by atoms with Gasteiger partial charge in [-0.1, -0.05) is 38.1 Å². The summed E-state index contributed by atoms with van der Waals surface area (Å²) in [6, 6.07) is 21.5. The smallest absolute Gasteiger partial charge is 0.336 e. The lowest BCUT2D eigenvalue weighted by atomic mass is 9.78. The highest BCUT2D eigenvalue weighted by atomic mass is 16.6. The van der Waals surface area contributed by atoms with E-state index in [1.165, 1.54) is 24.3 Å². The van der Waals surface area contributed by atoms with Crippen LogP contribution in [-0.4, -0.2) is 46.9 Å². The van der Waals surface area contributed by atoms with E-state index in [2.05, 4.69) is 10.6 Å². The molecular formula is C33H26N2O10. The Morgan fingerprint density at radius 2 is 1.11 bits per heavy atom. The van der Waals surface area contributed by atoms with Crippen LogP contribution in [0.1, 0.15) is 66.4 Å². The number of amides is 2. The van der Waals surface area contributed by atoms with Gasteiger partial charge < -0.3 is 30.3 Å². The number of carbonyl (C=O) groups is 6. The first kappa shape index (κ1) is 31.6. The Kier molecular flexibility index (Phi) is 9.38. The summed E-state index contributed by atoms with van der Waals surface area (Å²) >= 11 is 0. The summed E-state index contributed by atoms with van der Waals surface area (Å²) in [4.78, 5) is 70.3. The summed E-state index contributed by atoms with van der Waals surface area (Å²) in [5, 5.41) is 24.1. The molecule has 0 spiro atoms. The maximum absolute atomic E-state index is 13.0. The normalized spacial score (nSPS) is 10.7. The predicted molar refractivity (Wildman–Crippen MR) is 161 cm³/mol. The van der Waals surface area contributed by atoms with E-state index in [4.69, 9.17) is 9.47 Å². The number of rotatable bonds is 12. The van der Waals surface area contributed by atoms with E-state index in [-0.39, 0.29) is 35.6 Å². The van der Waals surface area contributed by atoms with Crippen molar-refractivity contribution in [3.05, 3.63) is 118 Å². The SMILES string of the molecule is CC(C)(c1cccc(NC(=O)c2ccc(OC=O)c(OC=O)c2)c1)c1cccc(NC(=O)c2ccc(C(=O)O)c(C(=O)O)c2)c1. The van der Waals surface area contributed by atoms with Gasteiger partial charge in [0.1, 0.15) is 0 Å². The van der Waals surface area contributed by atoms with Crippen molar-refractivity contribution in [2.24, 2.45) is 0 Å². The molecule has 0 aromatic heterocycles. The molecule has 0 aliphatic rings. The molecule has 12 heteroatoms. The first-order valence-electron chi connectivity index (χ1n) is 13.2. The third kappa shape index (κ3) is 7.20. The summed E-state index contributed by atoms with van der Waals surface area (Å²) in [6.07, 6.45) is 0. The minimum atomic E-state index is -1.47. The van der Waals surface area contributed by atoms with Crippen molar-refractivity contribution in [3.8, 4) is 11.5 Å². The van der Waals surface area contributed by atoms with Gasteiger partial charge in [-0.25, -0.2) is 9.59 Å².